The molecule has 0 aliphatic heterocycles. The van der Waals surface area contributed by atoms with Crippen LogP contribution >= 0.6 is 0 Å². The lowest BCUT2D eigenvalue weighted by molar-refractivity contribution is 0.102. The number of rotatable bonds is 10. The molecule has 3 rings (SSSR count). The van der Waals surface area contributed by atoms with Gasteiger partial charge >= 0.3 is 0 Å². The predicted octanol–water partition coefficient (Wildman–Crippen LogP) is 4.64. The molecule has 0 aliphatic rings. The first-order valence-electron chi connectivity index (χ1n) is 10.6. The van der Waals surface area contributed by atoms with Crippen LogP contribution in [0.25, 0.3) is 0 Å². The molecule has 0 bridgehead atoms. The Morgan fingerprint density at radius 1 is 0.938 bits per heavy atom. The van der Waals surface area contributed by atoms with Crippen molar-refractivity contribution in [3.8, 4) is 5.75 Å². The lowest BCUT2D eigenvalue weighted by Gasteiger charge is -2.13. The first-order valence-corrected chi connectivity index (χ1v) is 12.1. The van der Waals surface area contributed by atoms with E-state index in [2.05, 4.69) is 10.0 Å². The quantitative estimate of drug-likeness (QED) is 0.469. The van der Waals surface area contributed by atoms with Crippen molar-refractivity contribution in [1.29, 1.82) is 0 Å². The zero-order valence-electron chi connectivity index (χ0n) is 18.2. The fourth-order valence-electron chi connectivity index (χ4n) is 3.04. The summed E-state index contributed by atoms with van der Waals surface area (Å²) in [5.41, 5.74) is 2.07. The molecule has 1 atom stereocenters. The smallest absolute Gasteiger partial charge is 0.259 e. The van der Waals surface area contributed by atoms with Crippen LogP contribution in [-0.4, -0.2) is 27.0 Å². The third kappa shape index (κ3) is 6.42. The van der Waals surface area contributed by atoms with Gasteiger partial charge in [0.25, 0.3) is 5.91 Å². The minimum Gasteiger partial charge on any atom is -0.492 e. The summed E-state index contributed by atoms with van der Waals surface area (Å²) in [7, 11) is -3.59. The molecule has 0 aliphatic carbocycles. The molecular weight excluding hydrogens is 424 g/mol. The molecule has 1 unspecified atom stereocenters. The minimum atomic E-state index is -3.59. The lowest BCUT2D eigenvalue weighted by atomic mass is 10.1. The summed E-state index contributed by atoms with van der Waals surface area (Å²) in [5, 5.41) is 2.80. The third-order valence-electron chi connectivity index (χ3n) is 5.01. The summed E-state index contributed by atoms with van der Waals surface area (Å²) in [6.07, 6.45) is 1.43. The highest BCUT2D eigenvalue weighted by Crippen LogP contribution is 2.21. The van der Waals surface area contributed by atoms with E-state index in [1.165, 1.54) is 12.1 Å². The van der Waals surface area contributed by atoms with E-state index in [-0.39, 0.29) is 16.8 Å². The molecule has 2 N–H and O–H groups in total. The van der Waals surface area contributed by atoms with Gasteiger partial charge in [-0.25, -0.2) is 13.1 Å². The molecular formula is C25H28N2O4S. The number of hydrogen-bond acceptors (Lipinski definition) is 4. The maximum absolute atomic E-state index is 12.8. The molecule has 3 aromatic carbocycles. The van der Waals surface area contributed by atoms with E-state index < -0.39 is 10.0 Å². The van der Waals surface area contributed by atoms with E-state index in [0.29, 0.717) is 30.0 Å². The van der Waals surface area contributed by atoms with Gasteiger partial charge in [-0.05, 0) is 55.3 Å². The second-order valence-electron chi connectivity index (χ2n) is 7.49. The molecule has 3 aromatic rings. The Labute approximate surface area is 189 Å². The van der Waals surface area contributed by atoms with Crippen LogP contribution in [0.5, 0.6) is 5.75 Å². The van der Waals surface area contributed by atoms with Crippen LogP contribution in [0.3, 0.4) is 0 Å². The SMILES string of the molecule is CCC(C)NS(=O)(=O)c1ccc(NC(=O)c2ccccc2OCCc2ccccc2)cc1. The van der Waals surface area contributed by atoms with Crippen molar-refractivity contribution in [3.05, 3.63) is 90.0 Å². The highest BCUT2D eigenvalue weighted by atomic mass is 32.2. The Balaban J connectivity index is 1.64. The molecule has 7 heteroatoms. The highest BCUT2D eigenvalue weighted by molar-refractivity contribution is 7.89. The largest absolute Gasteiger partial charge is 0.492 e. The predicted molar refractivity (Wildman–Crippen MR) is 127 cm³/mol. The van der Waals surface area contributed by atoms with Gasteiger partial charge in [-0.1, -0.05) is 49.4 Å². The Morgan fingerprint density at radius 2 is 1.59 bits per heavy atom. The van der Waals surface area contributed by atoms with Crippen LogP contribution in [0.1, 0.15) is 36.2 Å². The average Bonchev–Trinajstić information content (AvgIpc) is 2.80. The molecule has 0 aromatic heterocycles. The Kier molecular flexibility index (Phi) is 8.03. The Hall–Kier alpha value is -3.16. The van der Waals surface area contributed by atoms with Gasteiger partial charge in [0, 0.05) is 18.2 Å². The third-order valence-corrected chi connectivity index (χ3v) is 6.62. The second kappa shape index (κ2) is 10.9. The minimum absolute atomic E-state index is 0.153. The number of amides is 1. The van der Waals surface area contributed by atoms with Crippen LogP contribution in [0.4, 0.5) is 5.69 Å². The highest BCUT2D eigenvalue weighted by Gasteiger charge is 2.17. The average molecular weight is 453 g/mol. The number of sulfonamides is 1. The van der Waals surface area contributed by atoms with Gasteiger partial charge in [0.2, 0.25) is 10.0 Å². The fraction of sp³-hybridized carbons (Fsp3) is 0.240. The van der Waals surface area contributed by atoms with Crippen molar-refractivity contribution in [2.45, 2.75) is 37.6 Å². The van der Waals surface area contributed by atoms with Crippen molar-refractivity contribution in [3.63, 3.8) is 0 Å². The maximum Gasteiger partial charge on any atom is 0.259 e. The number of carbonyl (C=O) groups is 1. The molecule has 168 valence electrons. The Morgan fingerprint density at radius 3 is 2.28 bits per heavy atom. The lowest BCUT2D eigenvalue weighted by Crippen LogP contribution is -2.31. The van der Waals surface area contributed by atoms with Gasteiger partial charge in [0.05, 0.1) is 17.1 Å². The first-order chi connectivity index (χ1) is 15.4. The van der Waals surface area contributed by atoms with E-state index in [1.807, 2.05) is 50.2 Å². The zero-order valence-corrected chi connectivity index (χ0v) is 19.1. The van der Waals surface area contributed by atoms with E-state index >= 15 is 0 Å². The van der Waals surface area contributed by atoms with E-state index in [1.54, 1.807) is 30.3 Å². The van der Waals surface area contributed by atoms with E-state index in [4.69, 9.17) is 4.74 Å². The van der Waals surface area contributed by atoms with Crippen LogP contribution in [0.15, 0.2) is 83.8 Å². The molecule has 1 amide bonds. The number of hydrogen-bond donors (Lipinski definition) is 2. The molecule has 0 radical (unpaired) electrons. The molecule has 0 saturated heterocycles. The van der Waals surface area contributed by atoms with Crippen LogP contribution in [0.2, 0.25) is 0 Å². The fourth-order valence-corrected chi connectivity index (χ4v) is 4.36. The van der Waals surface area contributed by atoms with E-state index in [0.717, 1.165) is 12.0 Å². The Bertz CT molecular complexity index is 1130. The van der Waals surface area contributed by atoms with Crippen molar-refractivity contribution >= 4 is 21.6 Å². The molecule has 32 heavy (non-hydrogen) atoms. The number of para-hydroxylation sites is 1. The van der Waals surface area contributed by atoms with Gasteiger partial charge in [0.1, 0.15) is 5.75 Å². The molecule has 6 nitrogen and oxygen atoms in total. The number of nitrogens with one attached hydrogen (secondary N) is 2. The van der Waals surface area contributed by atoms with Gasteiger partial charge in [0.15, 0.2) is 0 Å². The summed E-state index contributed by atoms with van der Waals surface area (Å²) in [4.78, 5) is 13.0. The van der Waals surface area contributed by atoms with Gasteiger partial charge in [-0.2, -0.15) is 0 Å². The van der Waals surface area contributed by atoms with Gasteiger partial charge < -0.3 is 10.1 Å². The summed E-state index contributed by atoms with van der Waals surface area (Å²) < 4.78 is 33.3. The molecule has 0 fully saturated rings. The summed E-state index contributed by atoms with van der Waals surface area (Å²) in [5.74, 6) is 0.173. The van der Waals surface area contributed by atoms with E-state index in [9.17, 15) is 13.2 Å². The maximum atomic E-state index is 12.8. The molecule has 0 spiro atoms. The molecule has 0 heterocycles. The van der Waals surface area contributed by atoms with Gasteiger partial charge in [-0.15, -0.1) is 0 Å². The summed E-state index contributed by atoms with van der Waals surface area (Å²) in [6, 6.07) is 23.0. The number of ether oxygens (including phenoxy) is 1. The van der Waals surface area contributed by atoms with Crippen LogP contribution in [0, 0.1) is 0 Å². The monoisotopic (exact) mass is 452 g/mol. The van der Waals surface area contributed by atoms with Crippen LogP contribution < -0.4 is 14.8 Å². The molecule has 0 saturated carbocycles. The van der Waals surface area contributed by atoms with Crippen molar-refractivity contribution < 1.29 is 17.9 Å². The topological polar surface area (TPSA) is 84.5 Å². The normalized spacial score (nSPS) is 12.2. The second-order valence-corrected chi connectivity index (χ2v) is 9.20. The zero-order chi connectivity index (χ0) is 23.0. The van der Waals surface area contributed by atoms with Crippen molar-refractivity contribution in [1.82, 2.24) is 4.72 Å². The number of benzene rings is 3. The summed E-state index contributed by atoms with van der Waals surface area (Å²) in [6.45, 7) is 4.17. The van der Waals surface area contributed by atoms with Crippen molar-refractivity contribution in [2.75, 3.05) is 11.9 Å². The van der Waals surface area contributed by atoms with Crippen molar-refractivity contribution in [2.24, 2.45) is 0 Å². The summed E-state index contributed by atoms with van der Waals surface area (Å²) >= 11 is 0. The van der Waals surface area contributed by atoms with Crippen LogP contribution in [-0.2, 0) is 16.4 Å². The first kappa shape index (κ1) is 23.5. The standard InChI is InChI=1S/C25H28N2O4S/c1-3-19(2)27-32(29,30)22-15-13-21(14-16-22)26-25(28)23-11-7-8-12-24(23)31-18-17-20-9-5-4-6-10-20/h4-16,19,27H,3,17-18H2,1-2H3,(H,26,28). The van der Waals surface area contributed by atoms with Gasteiger partial charge in [-0.3, -0.25) is 4.79 Å². The number of carbonyl (C=O) groups excluding carboxylic acids is 1. The number of anilines is 1.